The minimum absolute atomic E-state index is 0.833. The quantitative estimate of drug-likeness (QED) is 0.418. The van der Waals surface area contributed by atoms with Crippen LogP contribution in [0.1, 0.15) is 6.42 Å². The summed E-state index contributed by atoms with van der Waals surface area (Å²) in [5.74, 6) is 0. The second kappa shape index (κ2) is 1.90. The maximum absolute atomic E-state index is 3.77. The van der Waals surface area contributed by atoms with E-state index in [0.717, 1.165) is 19.5 Å². The van der Waals surface area contributed by atoms with E-state index in [1.807, 2.05) is 0 Å². The molecule has 2 nitrogen and oxygen atoms in total. The average molecular weight is 83.1 g/mol. The van der Waals surface area contributed by atoms with E-state index in [0.29, 0.717) is 0 Å². The van der Waals surface area contributed by atoms with E-state index in [4.69, 9.17) is 0 Å². The summed E-state index contributed by atoms with van der Waals surface area (Å²) in [5, 5.41) is 7.52. The van der Waals surface area contributed by atoms with Gasteiger partial charge >= 0.3 is 0 Å². The molecule has 1 radical (unpaired) electrons. The molecule has 0 spiro atoms. The van der Waals surface area contributed by atoms with E-state index in [-0.39, 0.29) is 0 Å². The van der Waals surface area contributed by atoms with Crippen molar-refractivity contribution in [2.75, 3.05) is 13.1 Å². The lowest BCUT2D eigenvalue weighted by Gasteiger charge is -1.95. The maximum atomic E-state index is 3.77. The summed E-state index contributed by atoms with van der Waals surface area (Å²) in [6, 6.07) is 0. The zero-order valence-corrected chi connectivity index (χ0v) is 3.59. The second-order valence-corrected chi connectivity index (χ2v) is 1.27. The van der Waals surface area contributed by atoms with Gasteiger partial charge in [0.05, 0.1) is 13.1 Å². The third-order valence-corrected chi connectivity index (χ3v) is 0.744. The monoisotopic (exact) mass is 83.1 g/mol. The van der Waals surface area contributed by atoms with E-state index >= 15 is 0 Å². The molecule has 0 atom stereocenters. The zero-order valence-electron chi connectivity index (χ0n) is 3.59. The fourth-order valence-electron chi connectivity index (χ4n) is 0.426. The van der Waals surface area contributed by atoms with Crippen molar-refractivity contribution in [2.45, 2.75) is 6.42 Å². The predicted octanol–water partition coefficient (Wildman–Crippen LogP) is 1.05. The van der Waals surface area contributed by atoms with Crippen LogP contribution in [0.15, 0.2) is 10.2 Å². The van der Waals surface area contributed by atoms with Crippen LogP contribution in [-0.2, 0) is 0 Å². The Labute approximate surface area is 37.3 Å². The van der Waals surface area contributed by atoms with E-state index in [1.165, 1.54) is 0 Å². The highest BCUT2D eigenvalue weighted by Gasteiger charge is 1.89. The molecule has 1 aliphatic heterocycles. The highest BCUT2D eigenvalue weighted by Crippen LogP contribution is 1.95. The summed E-state index contributed by atoms with van der Waals surface area (Å²) < 4.78 is 0. The Bertz CT molecular complexity index is 50.6. The van der Waals surface area contributed by atoms with Crippen LogP contribution in [0.4, 0.5) is 0 Å². The number of hydrogen-bond acceptors (Lipinski definition) is 2. The smallest absolute Gasteiger partial charge is 0.0631 e. The van der Waals surface area contributed by atoms with Crippen LogP contribution < -0.4 is 0 Å². The highest BCUT2D eigenvalue weighted by molar-refractivity contribution is 4.70. The molecule has 2 heteroatoms. The van der Waals surface area contributed by atoms with Crippen LogP contribution in [-0.4, -0.2) is 13.1 Å². The first-order valence-corrected chi connectivity index (χ1v) is 2.15. The van der Waals surface area contributed by atoms with Crippen LogP contribution in [0, 0.1) is 6.42 Å². The van der Waals surface area contributed by atoms with Gasteiger partial charge in [-0.3, -0.25) is 0 Å². The lowest BCUT2D eigenvalue weighted by atomic mass is 10.3. The normalized spacial score (nSPS) is 21.3. The molecule has 1 rings (SSSR count). The molecule has 33 valence electrons. The lowest BCUT2D eigenvalue weighted by Crippen LogP contribution is -1.91. The average Bonchev–Trinajstić information content (AvgIpc) is 1.72. The van der Waals surface area contributed by atoms with Crippen molar-refractivity contribution in [3.8, 4) is 0 Å². The van der Waals surface area contributed by atoms with Gasteiger partial charge in [-0.15, -0.1) is 0 Å². The van der Waals surface area contributed by atoms with Gasteiger partial charge in [0.1, 0.15) is 0 Å². The van der Waals surface area contributed by atoms with E-state index < -0.39 is 0 Å². The van der Waals surface area contributed by atoms with Crippen molar-refractivity contribution in [3.05, 3.63) is 6.42 Å². The Morgan fingerprint density at radius 2 is 2.33 bits per heavy atom. The largest absolute Gasteiger partial charge is 0.194 e. The zero-order chi connectivity index (χ0) is 4.24. The Morgan fingerprint density at radius 3 is 2.50 bits per heavy atom. The van der Waals surface area contributed by atoms with Crippen LogP contribution in [0.25, 0.3) is 0 Å². The van der Waals surface area contributed by atoms with E-state index in [2.05, 4.69) is 16.6 Å². The van der Waals surface area contributed by atoms with Gasteiger partial charge in [0.15, 0.2) is 0 Å². The number of azo groups is 1. The summed E-state index contributed by atoms with van der Waals surface area (Å²) >= 11 is 0. The standard InChI is InChI=1S/C4H7N2/c1-2-4-6-5-3-1/h1H,2-4H2. The summed E-state index contributed by atoms with van der Waals surface area (Å²) in [4.78, 5) is 0. The first kappa shape index (κ1) is 3.78. The van der Waals surface area contributed by atoms with Crippen molar-refractivity contribution in [2.24, 2.45) is 10.2 Å². The van der Waals surface area contributed by atoms with Gasteiger partial charge in [0, 0.05) is 0 Å². The van der Waals surface area contributed by atoms with Gasteiger partial charge in [0.25, 0.3) is 0 Å². The Kier molecular flexibility index (Phi) is 1.20. The lowest BCUT2D eigenvalue weighted by molar-refractivity contribution is 0.763. The molecular formula is C4H7N2. The molecule has 0 amide bonds. The number of nitrogens with zero attached hydrogens (tertiary/aromatic N) is 2. The maximum Gasteiger partial charge on any atom is 0.0631 e. The third-order valence-electron chi connectivity index (χ3n) is 0.744. The third kappa shape index (κ3) is 0.776. The fraction of sp³-hybridized carbons (Fsp3) is 0.750. The molecule has 0 unspecified atom stereocenters. The molecule has 0 aromatic heterocycles. The minimum atomic E-state index is 0.833. The van der Waals surface area contributed by atoms with Crippen molar-refractivity contribution in [3.63, 3.8) is 0 Å². The van der Waals surface area contributed by atoms with Gasteiger partial charge in [-0.05, 0) is 12.8 Å². The van der Waals surface area contributed by atoms with Crippen molar-refractivity contribution < 1.29 is 0 Å². The minimum Gasteiger partial charge on any atom is -0.194 e. The van der Waals surface area contributed by atoms with Crippen molar-refractivity contribution >= 4 is 0 Å². The molecule has 0 N–H and O–H groups in total. The molecule has 0 saturated carbocycles. The second-order valence-electron chi connectivity index (χ2n) is 1.27. The van der Waals surface area contributed by atoms with E-state index in [1.54, 1.807) is 0 Å². The highest BCUT2D eigenvalue weighted by atomic mass is 15.1. The van der Waals surface area contributed by atoms with Gasteiger partial charge in [-0.1, -0.05) is 0 Å². The number of hydrogen-bond donors (Lipinski definition) is 0. The summed E-state index contributed by atoms with van der Waals surface area (Å²) in [6.07, 6.45) is 3.25. The van der Waals surface area contributed by atoms with Gasteiger partial charge < -0.3 is 0 Å². The van der Waals surface area contributed by atoms with E-state index in [9.17, 15) is 0 Å². The van der Waals surface area contributed by atoms with Crippen LogP contribution in [0.3, 0.4) is 0 Å². The Hall–Kier alpha value is -0.400. The Balaban J connectivity index is 2.26. The molecule has 0 aromatic rings. The molecule has 0 saturated heterocycles. The summed E-state index contributed by atoms with van der Waals surface area (Å²) in [7, 11) is 0. The van der Waals surface area contributed by atoms with Crippen molar-refractivity contribution in [1.29, 1.82) is 0 Å². The first-order valence-electron chi connectivity index (χ1n) is 2.15. The topological polar surface area (TPSA) is 24.7 Å². The molecule has 0 fully saturated rings. The number of rotatable bonds is 0. The summed E-state index contributed by atoms with van der Waals surface area (Å²) in [6.45, 7) is 1.74. The van der Waals surface area contributed by atoms with Crippen LogP contribution in [0.2, 0.25) is 0 Å². The molecule has 0 aromatic carbocycles. The molecule has 6 heavy (non-hydrogen) atoms. The molecule has 1 aliphatic rings. The molecule has 0 bridgehead atoms. The molecule has 1 heterocycles. The molecule has 0 aliphatic carbocycles. The first-order chi connectivity index (χ1) is 3.00. The van der Waals surface area contributed by atoms with Gasteiger partial charge in [-0.2, -0.15) is 10.2 Å². The fourth-order valence-corrected chi connectivity index (χ4v) is 0.426. The predicted molar refractivity (Wildman–Crippen MR) is 23.5 cm³/mol. The molecular weight excluding hydrogens is 76.1 g/mol. The summed E-state index contributed by atoms with van der Waals surface area (Å²) in [5.41, 5.74) is 0. The van der Waals surface area contributed by atoms with Gasteiger partial charge in [0.2, 0.25) is 0 Å². The SMILES string of the molecule is [CH]1CCN=NC1. The Morgan fingerprint density at radius 1 is 1.33 bits per heavy atom. The van der Waals surface area contributed by atoms with Crippen molar-refractivity contribution in [1.82, 2.24) is 0 Å². The van der Waals surface area contributed by atoms with Gasteiger partial charge in [-0.25, -0.2) is 0 Å². The van der Waals surface area contributed by atoms with Crippen LogP contribution >= 0.6 is 0 Å². The van der Waals surface area contributed by atoms with Crippen LogP contribution in [0.5, 0.6) is 0 Å².